The molecule has 1 aliphatic rings. The van der Waals surface area contributed by atoms with Gasteiger partial charge in [0.25, 0.3) is 11.5 Å². The summed E-state index contributed by atoms with van der Waals surface area (Å²) < 4.78 is 7.27. The summed E-state index contributed by atoms with van der Waals surface area (Å²) in [6, 6.07) is 10.4. The Kier molecular flexibility index (Phi) is 4.58. The van der Waals surface area contributed by atoms with Crippen molar-refractivity contribution in [2.24, 2.45) is 0 Å². The summed E-state index contributed by atoms with van der Waals surface area (Å²) in [5, 5.41) is 3.44. The van der Waals surface area contributed by atoms with Gasteiger partial charge in [0.2, 0.25) is 0 Å². The van der Waals surface area contributed by atoms with Crippen LogP contribution in [0.5, 0.6) is 0 Å². The Morgan fingerprint density at radius 3 is 2.80 bits per heavy atom. The van der Waals surface area contributed by atoms with Crippen LogP contribution in [0.1, 0.15) is 47.8 Å². The van der Waals surface area contributed by atoms with E-state index in [2.05, 4.69) is 10.3 Å². The Hall–Kier alpha value is -3.48. The number of anilines is 1. The van der Waals surface area contributed by atoms with Gasteiger partial charge in [-0.3, -0.25) is 14.2 Å². The Bertz CT molecular complexity index is 1340. The summed E-state index contributed by atoms with van der Waals surface area (Å²) in [5.41, 5.74) is 3.01. The van der Waals surface area contributed by atoms with E-state index in [0.717, 1.165) is 37.9 Å². The van der Waals surface area contributed by atoms with Crippen LogP contribution in [-0.4, -0.2) is 20.4 Å². The number of hydrogen-bond donors (Lipinski definition) is 1. The van der Waals surface area contributed by atoms with Crippen LogP contribution in [-0.2, 0) is 13.0 Å². The van der Waals surface area contributed by atoms with Gasteiger partial charge in [-0.05, 0) is 49.2 Å². The summed E-state index contributed by atoms with van der Waals surface area (Å²) in [4.78, 5) is 34.8. The number of amides is 1. The topological polar surface area (TPSA) is 90.0 Å². The molecular formula is C23H22N4O3. The van der Waals surface area contributed by atoms with Crippen molar-refractivity contribution in [3.63, 3.8) is 0 Å². The third-order valence-corrected chi connectivity index (χ3v) is 5.58. The Morgan fingerprint density at radius 1 is 1.03 bits per heavy atom. The minimum Gasteiger partial charge on any atom is -0.441 e. The van der Waals surface area contributed by atoms with Crippen molar-refractivity contribution >= 4 is 33.6 Å². The zero-order chi connectivity index (χ0) is 20.7. The van der Waals surface area contributed by atoms with E-state index < -0.39 is 0 Å². The molecule has 0 bridgehead atoms. The molecule has 3 heterocycles. The first-order chi connectivity index (χ1) is 14.6. The van der Waals surface area contributed by atoms with Crippen LogP contribution in [0.15, 0.2) is 45.6 Å². The maximum Gasteiger partial charge on any atom is 0.261 e. The van der Waals surface area contributed by atoms with Gasteiger partial charge >= 0.3 is 0 Å². The lowest BCUT2D eigenvalue weighted by atomic mass is 10.1. The highest BCUT2D eigenvalue weighted by Gasteiger charge is 2.15. The number of aromatic nitrogens is 3. The van der Waals surface area contributed by atoms with Crippen molar-refractivity contribution in [2.45, 2.75) is 45.6 Å². The van der Waals surface area contributed by atoms with Crippen LogP contribution in [0.2, 0.25) is 0 Å². The van der Waals surface area contributed by atoms with Crippen LogP contribution >= 0.6 is 0 Å². The molecule has 7 nitrogen and oxygen atoms in total. The van der Waals surface area contributed by atoms with Crippen LogP contribution in [0.3, 0.4) is 0 Å². The van der Waals surface area contributed by atoms with Gasteiger partial charge < -0.3 is 9.73 Å². The average Bonchev–Trinajstić information content (AvgIpc) is 3.08. The first kappa shape index (κ1) is 18.5. The molecule has 0 fully saturated rings. The van der Waals surface area contributed by atoms with Crippen LogP contribution in [0.4, 0.5) is 5.69 Å². The zero-order valence-electron chi connectivity index (χ0n) is 16.8. The molecule has 0 spiro atoms. The van der Waals surface area contributed by atoms with Crippen LogP contribution in [0, 0.1) is 6.92 Å². The van der Waals surface area contributed by atoms with Gasteiger partial charge in [0, 0.05) is 31.1 Å². The van der Waals surface area contributed by atoms with Gasteiger partial charge in [-0.1, -0.05) is 12.8 Å². The summed E-state index contributed by atoms with van der Waals surface area (Å²) >= 11 is 0. The second-order valence-electron chi connectivity index (χ2n) is 7.75. The Labute approximate surface area is 172 Å². The maximum atomic E-state index is 12.9. The molecule has 1 N–H and O–H groups in total. The van der Waals surface area contributed by atoms with E-state index >= 15 is 0 Å². The first-order valence-electron chi connectivity index (χ1n) is 10.3. The predicted molar refractivity (Wildman–Crippen MR) is 115 cm³/mol. The number of rotatable bonds is 2. The number of carbonyl (C=O) groups excluding carboxylic acids is 1. The molecule has 30 heavy (non-hydrogen) atoms. The maximum absolute atomic E-state index is 12.9. The summed E-state index contributed by atoms with van der Waals surface area (Å²) in [6.45, 7) is 2.49. The molecule has 5 rings (SSSR count). The third kappa shape index (κ3) is 3.36. The summed E-state index contributed by atoms with van der Waals surface area (Å²) in [7, 11) is 0. The number of benzene rings is 2. The van der Waals surface area contributed by atoms with Crippen molar-refractivity contribution in [2.75, 3.05) is 5.32 Å². The van der Waals surface area contributed by atoms with E-state index in [0.29, 0.717) is 45.7 Å². The number of aryl methyl sites for hydroxylation is 2. The number of fused-ring (bicyclic) bond motifs is 3. The highest BCUT2D eigenvalue weighted by molar-refractivity contribution is 6.06. The van der Waals surface area contributed by atoms with E-state index in [9.17, 15) is 9.59 Å². The van der Waals surface area contributed by atoms with Gasteiger partial charge in [0.1, 0.15) is 11.3 Å². The number of nitrogens with zero attached hydrogens (tertiary/aromatic N) is 3. The van der Waals surface area contributed by atoms with E-state index in [-0.39, 0.29) is 11.5 Å². The highest BCUT2D eigenvalue weighted by Crippen LogP contribution is 2.21. The second kappa shape index (κ2) is 7.40. The third-order valence-electron chi connectivity index (χ3n) is 5.58. The smallest absolute Gasteiger partial charge is 0.261 e. The molecule has 0 aliphatic carbocycles. The molecule has 2 aromatic heterocycles. The molecule has 0 atom stereocenters. The van der Waals surface area contributed by atoms with E-state index in [1.165, 1.54) is 0 Å². The molecule has 2 aromatic carbocycles. The van der Waals surface area contributed by atoms with E-state index in [1.807, 2.05) is 0 Å². The molecule has 1 aliphatic heterocycles. The van der Waals surface area contributed by atoms with Gasteiger partial charge in [-0.25, -0.2) is 9.97 Å². The van der Waals surface area contributed by atoms with Crippen molar-refractivity contribution in [3.8, 4) is 0 Å². The standard InChI is InChI=1S/C23H22N4O3/c1-14-24-19-13-16(8-10-20(19)30-14)25-22(28)15-7-9-17-18(12-15)26-21-6-4-2-3-5-11-27(21)23(17)29/h7-10,12-13H,2-6,11H2,1H3,(H,25,28). The zero-order valence-corrected chi connectivity index (χ0v) is 16.8. The van der Waals surface area contributed by atoms with Crippen LogP contribution < -0.4 is 10.9 Å². The van der Waals surface area contributed by atoms with Crippen molar-refractivity contribution < 1.29 is 9.21 Å². The molecule has 0 saturated carbocycles. The van der Waals surface area contributed by atoms with E-state index in [1.54, 1.807) is 47.9 Å². The lowest BCUT2D eigenvalue weighted by molar-refractivity contribution is 0.102. The lowest BCUT2D eigenvalue weighted by Crippen LogP contribution is -2.26. The normalized spacial score (nSPS) is 14.3. The second-order valence-corrected chi connectivity index (χ2v) is 7.75. The minimum atomic E-state index is -0.259. The first-order valence-corrected chi connectivity index (χ1v) is 10.3. The molecular weight excluding hydrogens is 380 g/mol. The van der Waals surface area contributed by atoms with Crippen molar-refractivity contribution in [1.82, 2.24) is 14.5 Å². The van der Waals surface area contributed by atoms with Crippen molar-refractivity contribution in [1.29, 1.82) is 0 Å². The monoisotopic (exact) mass is 402 g/mol. The van der Waals surface area contributed by atoms with Crippen LogP contribution in [0.25, 0.3) is 22.0 Å². The minimum absolute atomic E-state index is 0.0179. The van der Waals surface area contributed by atoms with E-state index in [4.69, 9.17) is 9.40 Å². The fourth-order valence-electron chi connectivity index (χ4n) is 4.06. The SMILES string of the molecule is Cc1nc2cc(NC(=O)c3ccc4c(=O)n5c(nc4c3)CCCCCC5)ccc2o1. The largest absolute Gasteiger partial charge is 0.441 e. The molecule has 1 amide bonds. The lowest BCUT2D eigenvalue weighted by Gasteiger charge is -2.16. The number of carbonyl (C=O) groups is 1. The quantitative estimate of drug-likeness (QED) is 0.542. The average molecular weight is 402 g/mol. The Balaban J connectivity index is 1.48. The number of hydrogen-bond acceptors (Lipinski definition) is 5. The van der Waals surface area contributed by atoms with Gasteiger partial charge in [0.15, 0.2) is 11.5 Å². The fourth-order valence-corrected chi connectivity index (χ4v) is 4.06. The molecule has 0 unspecified atom stereocenters. The molecule has 0 radical (unpaired) electrons. The predicted octanol–water partition coefficient (Wildman–Crippen LogP) is 4.21. The molecule has 4 aromatic rings. The van der Waals surface area contributed by atoms with Gasteiger partial charge in [-0.15, -0.1) is 0 Å². The highest BCUT2D eigenvalue weighted by atomic mass is 16.3. The number of nitrogens with one attached hydrogen (secondary N) is 1. The summed E-state index contributed by atoms with van der Waals surface area (Å²) in [5.74, 6) is 1.14. The Morgan fingerprint density at radius 2 is 1.90 bits per heavy atom. The molecule has 152 valence electrons. The molecule has 0 saturated heterocycles. The number of oxazole rings is 1. The van der Waals surface area contributed by atoms with Gasteiger partial charge in [0.05, 0.1) is 10.9 Å². The van der Waals surface area contributed by atoms with Crippen molar-refractivity contribution in [3.05, 3.63) is 64.0 Å². The summed E-state index contributed by atoms with van der Waals surface area (Å²) in [6.07, 6.45) is 5.12. The molecule has 7 heteroatoms. The fraction of sp³-hybridized carbons (Fsp3) is 0.304. The van der Waals surface area contributed by atoms with Gasteiger partial charge in [-0.2, -0.15) is 0 Å².